The maximum absolute atomic E-state index is 14.6. The highest BCUT2D eigenvalue weighted by Gasteiger charge is 2.25. The minimum absolute atomic E-state index is 0.381. The van der Waals surface area contributed by atoms with Gasteiger partial charge in [-0.2, -0.15) is 4.39 Å². The van der Waals surface area contributed by atoms with Crippen molar-refractivity contribution >= 4 is 16.9 Å². The van der Waals surface area contributed by atoms with Crippen molar-refractivity contribution in [1.29, 1.82) is 0 Å². The second-order valence-corrected chi connectivity index (χ2v) is 4.87. The number of benzene rings is 2. The minimum atomic E-state index is -1.93. The van der Waals surface area contributed by atoms with Crippen molar-refractivity contribution in [2.24, 2.45) is 0 Å². The van der Waals surface area contributed by atoms with Crippen molar-refractivity contribution in [3.05, 3.63) is 75.6 Å². The van der Waals surface area contributed by atoms with Gasteiger partial charge >= 0.3 is 5.97 Å². The smallest absolute Gasteiger partial charge is 0.344 e. The minimum Gasteiger partial charge on any atom is -0.477 e. The van der Waals surface area contributed by atoms with Gasteiger partial charge in [0.15, 0.2) is 5.56 Å². The van der Waals surface area contributed by atoms with E-state index in [0.29, 0.717) is 10.6 Å². The lowest BCUT2D eigenvalue weighted by atomic mass is 10.1. The summed E-state index contributed by atoms with van der Waals surface area (Å²) in [4.78, 5) is 23.3. The van der Waals surface area contributed by atoms with Gasteiger partial charge in [0.2, 0.25) is 11.4 Å². The molecule has 0 bridgehead atoms. The lowest BCUT2D eigenvalue weighted by molar-refractivity contribution is 0.0689. The largest absolute Gasteiger partial charge is 0.477 e. The molecule has 1 heterocycles. The fraction of sp³-hybridized carbons (Fsp3) is 0. The standard InChI is InChI=1S/C16H7F4NO3/c17-7-4-5-10(9(19)6-7)21-11-3-1-2-8(18)12(11)14(22)13(15(21)20)16(23)24/h1-6H,(H,23,24). The van der Waals surface area contributed by atoms with E-state index in [9.17, 15) is 27.2 Å². The Hall–Kier alpha value is -3.16. The lowest BCUT2D eigenvalue weighted by Gasteiger charge is -2.15. The molecule has 0 saturated carbocycles. The summed E-state index contributed by atoms with van der Waals surface area (Å²) in [7, 11) is 0. The van der Waals surface area contributed by atoms with E-state index in [1.54, 1.807) is 0 Å². The summed E-state index contributed by atoms with van der Waals surface area (Å²) in [5, 5.41) is 8.34. The molecule has 1 N–H and O–H groups in total. The molecule has 3 aromatic rings. The van der Waals surface area contributed by atoms with Crippen molar-refractivity contribution in [3.8, 4) is 5.69 Å². The van der Waals surface area contributed by atoms with Crippen LogP contribution < -0.4 is 5.43 Å². The fourth-order valence-corrected chi connectivity index (χ4v) is 2.44. The van der Waals surface area contributed by atoms with Crippen LogP contribution in [0, 0.1) is 23.4 Å². The van der Waals surface area contributed by atoms with E-state index in [-0.39, 0.29) is 5.52 Å². The van der Waals surface area contributed by atoms with E-state index in [2.05, 4.69) is 0 Å². The number of fused-ring (bicyclic) bond motifs is 1. The third-order valence-corrected chi connectivity index (χ3v) is 3.45. The van der Waals surface area contributed by atoms with Gasteiger partial charge in [-0.3, -0.25) is 9.36 Å². The Labute approximate surface area is 131 Å². The van der Waals surface area contributed by atoms with Gasteiger partial charge in [-0.15, -0.1) is 0 Å². The fourth-order valence-electron chi connectivity index (χ4n) is 2.44. The van der Waals surface area contributed by atoms with Gasteiger partial charge in [-0.05, 0) is 24.3 Å². The molecule has 122 valence electrons. The highest BCUT2D eigenvalue weighted by atomic mass is 19.1. The van der Waals surface area contributed by atoms with E-state index in [0.717, 1.165) is 30.3 Å². The molecule has 24 heavy (non-hydrogen) atoms. The van der Waals surface area contributed by atoms with Crippen LogP contribution in [0.25, 0.3) is 16.6 Å². The monoisotopic (exact) mass is 337 g/mol. The Kier molecular flexibility index (Phi) is 3.59. The molecule has 0 saturated heterocycles. The molecule has 0 fully saturated rings. The summed E-state index contributed by atoms with van der Waals surface area (Å²) in [6.07, 6.45) is 0. The van der Waals surface area contributed by atoms with E-state index >= 15 is 0 Å². The number of rotatable bonds is 2. The molecule has 0 atom stereocenters. The summed E-state index contributed by atoms with van der Waals surface area (Å²) in [5.41, 5.74) is -3.65. The second kappa shape index (κ2) is 5.48. The average molecular weight is 337 g/mol. The van der Waals surface area contributed by atoms with Crippen LogP contribution in [-0.4, -0.2) is 15.6 Å². The Balaban J connectivity index is 2.59. The first-order valence-electron chi connectivity index (χ1n) is 6.54. The third-order valence-electron chi connectivity index (χ3n) is 3.45. The van der Waals surface area contributed by atoms with Crippen molar-refractivity contribution in [3.63, 3.8) is 0 Å². The quantitative estimate of drug-likeness (QED) is 0.577. The zero-order valence-electron chi connectivity index (χ0n) is 11.7. The topological polar surface area (TPSA) is 59.3 Å². The summed E-state index contributed by atoms with van der Waals surface area (Å²) < 4.78 is 56.1. The molecule has 0 radical (unpaired) electrons. The molecular weight excluding hydrogens is 330 g/mol. The number of carboxylic acid groups (broad SMARTS) is 1. The molecule has 2 aromatic carbocycles. The summed E-state index contributed by atoms with van der Waals surface area (Å²) in [5.74, 6) is -6.75. The van der Waals surface area contributed by atoms with Crippen LogP contribution in [0.5, 0.6) is 0 Å². The summed E-state index contributed by atoms with van der Waals surface area (Å²) in [6.45, 7) is 0. The van der Waals surface area contributed by atoms with Gasteiger partial charge < -0.3 is 5.11 Å². The van der Waals surface area contributed by atoms with E-state index in [4.69, 9.17) is 5.11 Å². The van der Waals surface area contributed by atoms with E-state index in [1.807, 2.05) is 0 Å². The first-order valence-corrected chi connectivity index (χ1v) is 6.54. The molecule has 0 aliphatic rings. The Morgan fingerprint density at radius 1 is 1.00 bits per heavy atom. The van der Waals surface area contributed by atoms with Gasteiger partial charge in [-0.1, -0.05) is 6.07 Å². The van der Waals surface area contributed by atoms with Gasteiger partial charge in [0.25, 0.3) is 0 Å². The number of carbonyl (C=O) groups is 1. The van der Waals surface area contributed by atoms with Crippen molar-refractivity contribution < 1.29 is 27.5 Å². The Morgan fingerprint density at radius 2 is 1.71 bits per heavy atom. The number of hydrogen-bond donors (Lipinski definition) is 1. The van der Waals surface area contributed by atoms with Crippen LogP contribution in [0.4, 0.5) is 17.6 Å². The van der Waals surface area contributed by atoms with Crippen LogP contribution in [0.1, 0.15) is 10.4 Å². The van der Waals surface area contributed by atoms with Crippen LogP contribution >= 0.6 is 0 Å². The molecular formula is C16H7F4NO3. The van der Waals surface area contributed by atoms with E-state index < -0.39 is 51.4 Å². The van der Waals surface area contributed by atoms with Gasteiger partial charge in [0.1, 0.15) is 17.5 Å². The van der Waals surface area contributed by atoms with Crippen molar-refractivity contribution in [2.75, 3.05) is 0 Å². The van der Waals surface area contributed by atoms with Gasteiger partial charge in [0.05, 0.1) is 16.6 Å². The number of halogens is 4. The molecule has 0 aliphatic carbocycles. The highest BCUT2D eigenvalue weighted by molar-refractivity contribution is 5.93. The number of aromatic nitrogens is 1. The molecule has 3 rings (SSSR count). The van der Waals surface area contributed by atoms with Crippen LogP contribution in [-0.2, 0) is 0 Å². The van der Waals surface area contributed by atoms with Crippen molar-refractivity contribution in [2.45, 2.75) is 0 Å². The Bertz CT molecular complexity index is 1060. The summed E-state index contributed by atoms with van der Waals surface area (Å²) >= 11 is 0. The predicted octanol–water partition coefficient (Wildman–Crippen LogP) is 3.25. The number of nitrogens with zero attached hydrogens (tertiary/aromatic N) is 1. The molecule has 0 amide bonds. The molecule has 0 aliphatic heterocycles. The first-order chi connectivity index (χ1) is 11.3. The predicted molar refractivity (Wildman–Crippen MR) is 76.3 cm³/mol. The van der Waals surface area contributed by atoms with Gasteiger partial charge in [-0.25, -0.2) is 18.0 Å². The Morgan fingerprint density at radius 3 is 2.33 bits per heavy atom. The lowest BCUT2D eigenvalue weighted by Crippen LogP contribution is -2.24. The molecule has 0 unspecified atom stereocenters. The number of carboxylic acids is 1. The normalized spacial score (nSPS) is 11.0. The average Bonchev–Trinajstić information content (AvgIpc) is 2.48. The maximum atomic E-state index is 14.6. The third kappa shape index (κ3) is 2.23. The molecule has 1 aromatic heterocycles. The zero-order valence-corrected chi connectivity index (χ0v) is 11.7. The molecule has 4 nitrogen and oxygen atoms in total. The van der Waals surface area contributed by atoms with Crippen LogP contribution in [0.2, 0.25) is 0 Å². The van der Waals surface area contributed by atoms with E-state index in [1.165, 1.54) is 0 Å². The molecule has 8 heteroatoms. The second-order valence-electron chi connectivity index (χ2n) is 4.87. The van der Waals surface area contributed by atoms with Gasteiger partial charge in [0, 0.05) is 6.07 Å². The van der Waals surface area contributed by atoms with Crippen molar-refractivity contribution in [1.82, 2.24) is 4.57 Å². The number of hydrogen-bond acceptors (Lipinski definition) is 2. The van der Waals surface area contributed by atoms with Crippen LogP contribution in [0.15, 0.2) is 41.2 Å². The summed E-state index contributed by atoms with van der Waals surface area (Å²) in [6, 6.07) is 5.29. The van der Waals surface area contributed by atoms with Crippen LogP contribution in [0.3, 0.4) is 0 Å². The highest BCUT2D eigenvalue weighted by Crippen LogP contribution is 2.24. The SMILES string of the molecule is O=C(O)c1c(F)n(-c2ccc(F)cc2F)c2cccc(F)c2c1=O. The zero-order chi connectivity index (χ0) is 17.6. The number of aromatic carboxylic acids is 1. The first kappa shape index (κ1) is 15.7. The maximum Gasteiger partial charge on any atom is 0.344 e. The number of pyridine rings is 1. The molecule has 0 spiro atoms.